The predicted octanol–water partition coefficient (Wildman–Crippen LogP) is 2.60. The molecule has 0 saturated carbocycles. The maximum Gasteiger partial charge on any atom is 0.301 e. The number of hydrogen-bond acceptors (Lipinski definition) is 6. The molecule has 1 aliphatic rings. The molecule has 0 radical (unpaired) electrons. The van der Waals surface area contributed by atoms with Crippen molar-refractivity contribution in [2.45, 2.75) is 18.9 Å². The van der Waals surface area contributed by atoms with Crippen LogP contribution >= 0.6 is 0 Å². The van der Waals surface area contributed by atoms with Gasteiger partial charge in [0, 0.05) is 12.7 Å². The number of nitrogens with zero attached hydrogens (tertiary/aromatic N) is 5. The molecule has 8 nitrogen and oxygen atoms in total. The van der Waals surface area contributed by atoms with Crippen LogP contribution in [0.2, 0.25) is 0 Å². The molecule has 116 valence electrons. The Kier molecular flexibility index (Phi) is 3.14. The van der Waals surface area contributed by atoms with Crippen molar-refractivity contribution in [1.29, 1.82) is 0 Å². The average molecular weight is 310 g/mol. The molecular weight excluding hydrogens is 296 g/mol. The molecule has 1 aromatic carbocycles. The van der Waals surface area contributed by atoms with Gasteiger partial charge in [-0.1, -0.05) is 0 Å². The summed E-state index contributed by atoms with van der Waals surface area (Å²) in [7, 11) is 0. The minimum Gasteiger partial charge on any atom is -0.356 e. The average Bonchev–Trinajstić information content (AvgIpc) is 3.24. The first-order chi connectivity index (χ1) is 11.3. The number of H-pyrrole nitrogens is 1. The lowest BCUT2D eigenvalue weighted by atomic mass is 10.1. The van der Waals surface area contributed by atoms with Gasteiger partial charge in [-0.25, -0.2) is 4.98 Å². The molecule has 0 amide bonds. The number of nitrogens with one attached hydrogen (secondary N) is 1. The van der Waals surface area contributed by atoms with Crippen LogP contribution in [0.5, 0.6) is 0 Å². The van der Waals surface area contributed by atoms with Gasteiger partial charge in [0.2, 0.25) is 0 Å². The van der Waals surface area contributed by atoms with Gasteiger partial charge in [-0.2, -0.15) is 5.10 Å². The zero-order valence-corrected chi connectivity index (χ0v) is 12.2. The maximum atomic E-state index is 11.7. The quantitative estimate of drug-likeness (QED) is 0.589. The van der Waals surface area contributed by atoms with Gasteiger partial charge in [0.05, 0.1) is 21.9 Å². The van der Waals surface area contributed by atoms with Gasteiger partial charge in [0.15, 0.2) is 0 Å². The molecule has 3 aromatic rings. The Hall–Kier alpha value is -3.03. The predicted molar refractivity (Wildman–Crippen MR) is 84.1 cm³/mol. The van der Waals surface area contributed by atoms with E-state index in [1.165, 1.54) is 6.33 Å². The molecular formula is C15H14N6O2. The zero-order chi connectivity index (χ0) is 15.8. The summed E-state index contributed by atoms with van der Waals surface area (Å²) in [6.07, 6.45) is 4.94. The Morgan fingerprint density at radius 1 is 1.30 bits per heavy atom. The molecule has 0 aliphatic carbocycles. The largest absolute Gasteiger partial charge is 0.356 e. The van der Waals surface area contributed by atoms with Crippen molar-refractivity contribution in [3.8, 4) is 0 Å². The summed E-state index contributed by atoms with van der Waals surface area (Å²) in [4.78, 5) is 21.8. The van der Waals surface area contributed by atoms with Crippen molar-refractivity contribution < 1.29 is 4.92 Å². The Morgan fingerprint density at radius 3 is 3.00 bits per heavy atom. The van der Waals surface area contributed by atoms with Crippen molar-refractivity contribution in [3.63, 3.8) is 0 Å². The number of benzene rings is 1. The van der Waals surface area contributed by atoms with Gasteiger partial charge in [0.1, 0.15) is 17.8 Å². The molecule has 0 unspecified atom stereocenters. The van der Waals surface area contributed by atoms with E-state index in [9.17, 15) is 10.1 Å². The molecule has 2 aromatic heterocycles. The van der Waals surface area contributed by atoms with Crippen LogP contribution < -0.4 is 4.90 Å². The second kappa shape index (κ2) is 5.31. The van der Waals surface area contributed by atoms with E-state index in [4.69, 9.17) is 0 Å². The molecule has 1 atom stereocenters. The second-order valence-corrected chi connectivity index (χ2v) is 5.48. The Balaban J connectivity index is 1.88. The lowest BCUT2D eigenvalue weighted by molar-refractivity contribution is -0.382. The van der Waals surface area contributed by atoms with Gasteiger partial charge in [-0.3, -0.25) is 20.2 Å². The highest BCUT2D eigenvalue weighted by Gasteiger charge is 2.33. The highest BCUT2D eigenvalue weighted by atomic mass is 16.6. The van der Waals surface area contributed by atoms with E-state index in [2.05, 4.69) is 20.2 Å². The third-order valence-corrected chi connectivity index (χ3v) is 4.23. The Bertz CT molecular complexity index is 864. The van der Waals surface area contributed by atoms with Crippen molar-refractivity contribution in [3.05, 3.63) is 52.7 Å². The Morgan fingerprint density at radius 2 is 2.22 bits per heavy atom. The number of aromatic amines is 1. The van der Waals surface area contributed by atoms with E-state index in [0.717, 1.165) is 25.2 Å². The highest BCUT2D eigenvalue weighted by Crippen LogP contribution is 2.42. The van der Waals surface area contributed by atoms with E-state index in [-0.39, 0.29) is 16.7 Å². The molecule has 1 fully saturated rings. The third kappa shape index (κ3) is 2.19. The topological polar surface area (TPSA) is 101 Å². The number of anilines is 1. The first kappa shape index (κ1) is 13.6. The summed E-state index contributed by atoms with van der Waals surface area (Å²) in [6.45, 7) is 0.748. The smallest absolute Gasteiger partial charge is 0.301 e. The molecule has 1 saturated heterocycles. The first-order valence-corrected chi connectivity index (χ1v) is 7.40. The second-order valence-electron chi connectivity index (χ2n) is 5.48. The van der Waals surface area contributed by atoms with Crippen LogP contribution in [0.15, 0.2) is 36.8 Å². The normalized spacial score (nSPS) is 17.7. The molecule has 3 heterocycles. The van der Waals surface area contributed by atoms with Crippen molar-refractivity contribution >= 4 is 22.3 Å². The minimum absolute atomic E-state index is 0.0229. The minimum atomic E-state index is -0.324. The van der Waals surface area contributed by atoms with Crippen LogP contribution in [-0.4, -0.2) is 31.6 Å². The maximum absolute atomic E-state index is 11.7. The number of fused-ring (bicyclic) bond motifs is 1. The number of hydrogen-bond donors (Lipinski definition) is 1. The van der Waals surface area contributed by atoms with Gasteiger partial charge >= 0.3 is 5.69 Å². The van der Waals surface area contributed by atoms with Gasteiger partial charge < -0.3 is 4.90 Å². The number of rotatable bonds is 3. The number of nitro groups is 1. The molecule has 8 heteroatoms. The van der Waals surface area contributed by atoms with Crippen LogP contribution in [0.25, 0.3) is 10.9 Å². The van der Waals surface area contributed by atoms with Crippen LogP contribution in [0.4, 0.5) is 11.4 Å². The van der Waals surface area contributed by atoms with Gasteiger partial charge in [-0.05, 0) is 37.1 Å². The third-order valence-electron chi connectivity index (χ3n) is 4.23. The summed E-state index contributed by atoms with van der Waals surface area (Å²) in [5.41, 5.74) is 1.33. The fourth-order valence-electron chi connectivity index (χ4n) is 3.26. The standard InChI is InChI=1S/C15H14N6O2/c22-21(23)14-10-3-1-7-16-11(10)5-6-12(14)20-8-2-4-13(20)15-17-9-18-19-15/h1,3,5-7,9,13H,2,4,8H2,(H,17,18,19)/t13-/m0/s1. The van der Waals surface area contributed by atoms with E-state index in [0.29, 0.717) is 16.6 Å². The van der Waals surface area contributed by atoms with E-state index >= 15 is 0 Å². The molecule has 23 heavy (non-hydrogen) atoms. The van der Waals surface area contributed by atoms with Crippen molar-refractivity contribution in [2.75, 3.05) is 11.4 Å². The van der Waals surface area contributed by atoms with Gasteiger partial charge in [0.25, 0.3) is 0 Å². The summed E-state index contributed by atoms with van der Waals surface area (Å²) in [6, 6.07) is 7.04. The van der Waals surface area contributed by atoms with Gasteiger partial charge in [-0.15, -0.1) is 0 Å². The monoisotopic (exact) mass is 310 g/mol. The summed E-state index contributed by atoms with van der Waals surface area (Å²) in [5, 5.41) is 19.0. The summed E-state index contributed by atoms with van der Waals surface area (Å²) in [5.74, 6) is 0.739. The van der Waals surface area contributed by atoms with E-state index in [1.54, 1.807) is 24.4 Å². The highest BCUT2D eigenvalue weighted by molar-refractivity contribution is 5.94. The van der Waals surface area contributed by atoms with Crippen LogP contribution in [0, 0.1) is 10.1 Å². The molecule has 0 bridgehead atoms. The van der Waals surface area contributed by atoms with Crippen molar-refractivity contribution in [2.24, 2.45) is 0 Å². The number of nitro benzene ring substituents is 1. The fraction of sp³-hybridized carbons (Fsp3) is 0.267. The SMILES string of the molecule is O=[N+]([O-])c1c(N2CCC[C@H]2c2ncn[nH]2)ccc2ncccc12. The van der Waals surface area contributed by atoms with Crippen LogP contribution in [-0.2, 0) is 0 Å². The van der Waals surface area contributed by atoms with Crippen molar-refractivity contribution in [1.82, 2.24) is 20.2 Å². The lowest BCUT2D eigenvalue weighted by Gasteiger charge is -2.25. The lowest BCUT2D eigenvalue weighted by Crippen LogP contribution is -2.24. The molecule has 1 aliphatic heterocycles. The molecule has 1 N–H and O–H groups in total. The molecule has 4 rings (SSSR count). The summed E-state index contributed by atoms with van der Waals surface area (Å²) >= 11 is 0. The first-order valence-electron chi connectivity index (χ1n) is 7.40. The zero-order valence-electron chi connectivity index (χ0n) is 12.2. The molecule has 0 spiro atoms. The van der Waals surface area contributed by atoms with Crippen LogP contribution in [0.1, 0.15) is 24.7 Å². The summed E-state index contributed by atoms with van der Waals surface area (Å²) < 4.78 is 0. The van der Waals surface area contributed by atoms with E-state index < -0.39 is 0 Å². The Labute approximate surface area is 131 Å². The number of pyridine rings is 1. The van der Waals surface area contributed by atoms with E-state index in [1.807, 2.05) is 11.0 Å². The number of aromatic nitrogens is 4. The van der Waals surface area contributed by atoms with Crippen LogP contribution in [0.3, 0.4) is 0 Å². The fourth-order valence-corrected chi connectivity index (χ4v) is 3.26.